The van der Waals surface area contributed by atoms with Gasteiger partial charge in [0, 0.05) is 42.2 Å². The molecule has 0 saturated carbocycles. The summed E-state index contributed by atoms with van der Waals surface area (Å²) in [5.41, 5.74) is 24.5. The van der Waals surface area contributed by atoms with Crippen LogP contribution < -0.4 is 0 Å². The first-order chi connectivity index (χ1) is 44.0. The van der Waals surface area contributed by atoms with Crippen LogP contribution in [0.5, 0.6) is 0 Å². The van der Waals surface area contributed by atoms with Crippen molar-refractivity contribution in [2.45, 2.75) is 5.41 Å². The molecule has 0 aliphatic carbocycles. The Hall–Kier alpha value is -11.4. The van der Waals surface area contributed by atoms with Gasteiger partial charge in [-0.2, -0.15) is 5.26 Å². The van der Waals surface area contributed by atoms with E-state index in [1.807, 2.05) is 29.5 Å². The largest absolute Gasteiger partial charge is 0.309 e. The second kappa shape index (κ2) is 22.5. The topological polar surface area (TPSA) is 28.7 Å². The highest BCUT2D eigenvalue weighted by molar-refractivity contribution is 7.26. The number of fused-ring (bicyclic) bond motifs is 6. The first-order valence-electron chi connectivity index (χ1n) is 30.3. The summed E-state index contributed by atoms with van der Waals surface area (Å²) in [7, 11) is 0. The number of nitriles is 1. The fourth-order valence-electron chi connectivity index (χ4n) is 13.8. The van der Waals surface area contributed by atoms with Gasteiger partial charge in [-0.3, -0.25) is 0 Å². The number of benzene rings is 14. The van der Waals surface area contributed by atoms with Crippen LogP contribution in [0, 0.1) is 11.3 Å². The Morgan fingerprint density at radius 2 is 0.697 bits per heavy atom. The van der Waals surface area contributed by atoms with Crippen LogP contribution in [0.25, 0.3) is 126 Å². The molecule has 0 aliphatic heterocycles. The molecule has 0 spiro atoms. The van der Waals surface area contributed by atoms with Crippen LogP contribution in [0.1, 0.15) is 27.8 Å². The summed E-state index contributed by atoms with van der Waals surface area (Å²) in [4.78, 5) is 0. The highest BCUT2D eigenvalue weighted by Gasteiger charge is 2.39. The maximum atomic E-state index is 9.57. The van der Waals surface area contributed by atoms with Crippen LogP contribution in [0.15, 0.2) is 340 Å². The summed E-state index contributed by atoms with van der Waals surface area (Å²) < 4.78 is 4.92. The molecule has 2 heterocycles. The molecule has 16 rings (SSSR count). The number of rotatable bonds is 12. The van der Waals surface area contributed by atoms with Gasteiger partial charge >= 0.3 is 0 Å². The van der Waals surface area contributed by atoms with Gasteiger partial charge in [0.15, 0.2) is 0 Å². The van der Waals surface area contributed by atoms with E-state index in [0.717, 1.165) is 39.1 Å². The molecule has 0 atom stereocenters. The van der Waals surface area contributed by atoms with E-state index in [1.165, 1.54) is 109 Å². The molecule has 416 valence electrons. The summed E-state index contributed by atoms with van der Waals surface area (Å²) in [6, 6.07) is 126. The van der Waals surface area contributed by atoms with Crippen LogP contribution >= 0.6 is 11.3 Å². The Balaban J connectivity index is 0.763. The number of nitrogens with zero attached hydrogens (tertiary/aromatic N) is 2. The molecule has 0 radical (unpaired) electrons. The fraction of sp³-hybridized carbons (Fsp3) is 0.0116. The maximum Gasteiger partial charge on any atom is 0.0991 e. The summed E-state index contributed by atoms with van der Waals surface area (Å²) in [5, 5.41) is 14.6. The Bertz CT molecular complexity index is 5350. The van der Waals surface area contributed by atoms with E-state index in [-0.39, 0.29) is 0 Å². The molecule has 0 unspecified atom stereocenters. The van der Waals surface area contributed by atoms with E-state index >= 15 is 0 Å². The zero-order valence-electron chi connectivity index (χ0n) is 48.6. The second-order valence-corrected chi connectivity index (χ2v) is 24.1. The minimum atomic E-state index is -0.670. The third-order valence-corrected chi connectivity index (χ3v) is 19.2. The van der Waals surface area contributed by atoms with Crippen molar-refractivity contribution in [2.75, 3.05) is 0 Å². The Kier molecular flexibility index (Phi) is 13.4. The second-order valence-electron chi connectivity index (χ2n) is 23.0. The van der Waals surface area contributed by atoms with Crippen molar-refractivity contribution < 1.29 is 0 Å². The van der Waals surface area contributed by atoms with E-state index < -0.39 is 5.41 Å². The van der Waals surface area contributed by atoms with Crippen molar-refractivity contribution in [2.24, 2.45) is 0 Å². The van der Waals surface area contributed by atoms with Crippen molar-refractivity contribution in [1.82, 2.24) is 4.57 Å². The average molecular weight is 1150 g/mol. The van der Waals surface area contributed by atoms with E-state index in [4.69, 9.17) is 0 Å². The molecule has 0 amide bonds. The van der Waals surface area contributed by atoms with Crippen LogP contribution in [-0.4, -0.2) is 4.57 Å². The van der Waals surface area contributed by atoms with E-state index in [9.17, 15) is 5.26 Å². The van der Waals surface area contributed by atoms with Gasteiger partial charge in [-0.05, 0) is 173 Å². The highest BCUT2D eigenvalue weighted by Crippen LogP contribution is 2.49. The number of para-hydroxylation sites is 2. The molecule has 89 heavy (non-hydrogen) atoms. The molecule has 0 N–H and O–H groups in total. The van der Waals surface area contributed by atoms with Gasteiger partial charge in [-0.1, -0.05) is 261 Å². The zero-order valence-corrected chi connectivity index (χ0v) is 49.5. The van der Waals surface area contributed by atoms with Crippen LogP contribution in [0.2, 0.25) is 0 Å². The molecule has 14 aromatic carbocycles. The Morgan fingerprint density at radius 1 is 0.270 bits per heavy atom. The van der Waals surface area contributed by atoms with Crippen LogP contribution in [0.3, 0.4) is 0 Å². The van der Waals surface area contributed by atoms with Crippen LogP contribution in [0.4, 0.5) is 0 Å². The number of hydrogen-bond donors (Lipinski definition) is 0. The van der Waals surface area contributed by atoms with Gasteiger partial charge in [0.25, 0.3) is 0 Å². The molecule has 2 nitrogen and oxygen atoms in total. The minimum absolute atomic E-state index is 0.657. The van der Waals surface area contributed by atoms with E-state index in [1.54, 1.807) is 0 Å². The molecule has 0 bridgehead atoms. The van der Waals surface area contributed by atoms with Gasteiger partial charge in [0.05, 0.1) is 28.1 Å². The van der Waals surface area contributed by atoms with Crippen molar-refractivity contribution >= 4 is 53.3 Å². The fourth-order valence-corrected chi connectivity index (χ4v) is 15.1. The normalized spacial score (nSPS) is 11.6. The number of aromatic nitrogens is 1. The van der Waals surface area contributed by atoms with E-state index in [2.05, 4.69) is 332 Å². The third-order valence-electron chi connectivity index (χ3n) is 18.0. The minimum Gasteiger partial charge on any atom is -0.309 e. The summed E-state index contributed by atoms with van der Waals surface area (Å²) >= 11 is 1.88. The molecule has 2 aromatic heterocycles. The lowest BCUT2D eigenvalue weighted by atomic mass is 9.64. The lowest BCUT2D eigenvalue weighted by molar-refractivity contribution is 0.746. The Morgan fingerprint density at radius 3 is 1.33 bits per heavy atom. The molecular formula is C86H56N2S. The van der Waals surface area contributed by atoms with Crippen molar-refractivity contribution in [3.8, 4) is 89.6 Å². The Labute approximate surface area is 522 Å². The third kappa shape index (κ3) is 9.43. The monoisotopic (exact) mass is 1150 g/mol. The summed E-state index contributed by atoms with van der Waals surface area (Å²) in [5.74, 6) is 0. The molecule has 0 saturated heterocycles. The number of hydrogen-bond acceptors (Lipinski definition) is 2. The summed E-state index contributed by atoms with van der Waals surface area (Å²) in [6.07, 6.45) is 0. The zero-order chi connectivity index (χ0) is 59.3. The maximum absolute atomic E-state index is 9.57. The molecule has 0 fully saturated rings. The van der Waals surface area contributed by atoms with Gasteiger partial charge in [-0.15, -0.1) is 11.3 Å². The van der Waals surface area contributed by atoms with Crippen molar-refractivity contribution in [3.63, 3.8) is 0 Å². The number of thiophene rings is 1. The van der Waals surface area contributed by atoms with Crippen molar-refractivity contribution in [1.29, 1.82) is 5.26 Å². The SMILES string of the molecule is N#Cc1cccc(-c2cccc(-c3cccc(-c4cccc(-c5ccccc5-c5cccc6c5sc5cc(-c7cccc(C(c8ccccc8)(c8ccccc8)c8cccc(-c9ccc%10c(c9)c9ccccc9n%10-c9ccccc9)c8)c7)ccc56)c4)c3)c2)c1. The van der Waals surface area contributed by atoms with Crippen LogP contribution in [-0.2, 0) is 5.41 Å². The quantitative estimate of drug-likeness (QED) is 0.112. The smallest absolute Gasteiger partial charge is 0.0991 e. The standard InChI is InChI=1S/C86H56N2S/c87-57-58-21-14-22-59(49-58)60-23-15-24-61(50-60)62-25-16-26-63(51-62)64-27-17-30-69(52-64)75-39-10-11-40-76(75)79-42-20-43-80-78-47-45-68(56-84(78)89-85(79)80)66-29-19-36-73(54-66)86(70-31-4-1-5-32-70,71-33-6-2-7-34-71)72-35-18-28-65(53-72)67-46-48-83-81(55-67)77-41-12-13-44-82(77)88(83)74-37-8-3-9-38-74/h1-56H. The van der Waals surface area contributed by atoms with Gasteiger partial charge < -0.3 is 4.57 Å². The predicted octanol–water partition coefficient (Wildman–Crippen LogP) is 23.1. The first kappa shape index (κ1) is 53.1. The molecule has 16 aromatic rings. The lowest BCUT2D eigenvalue weighted by Crippen LogP contribution is -2.31. The molecule has 0 aliphatic rings. The first-order valence-corrected chi connectivity index (χ1v) is 31.2. The highest BCUT2D eigenvalue weighted by atomic mass is 32.1. The molecule has 3 heteroatoms. The predicted molar refractivity (Wildman–Crippen MR) is 375 cm³/mol. The van der Waals surface area contributed by atoms with Gasteiger partial charge in [0.1, 0.15) is 0 Å². The van der Waals surface area contributed by atoms with Gasteiger partial charge in [-0.25, -0.2) is 0 Å². The van der Waals surface area contributed by atoms with E-state index in [0.29, 0.717) is 5.56 Å². The summed E-state index contributed by atoms with van der Waals surface area (Å²) in [6.45, 7) is 0. The average Bonchev–Trinajstić information content (AvgIpc) is 1.48. The lowest BCUT2D eigenvalue weighted by Gasteiger charge is -2.37. The van der Waals surface area contributed by atoms with Gasteiger partial charge in [0.2, 0.25) is 0 Å². The molecular weight excluding hydrogens is 1090 g/mol. The van der Waals surface area contributed by atoms with Crippen molar-refractivity contribution in [3.05, 3.63) is 368 Å².